The standard InChI is InChI=1S/C19H31N3O8/c1-18(2,3)28-16(26)20-11-7-8-12(21-17(27)29-19(4,5)6)15(25)30-22-13(23)9-10-14(22)24/h9-10,12,23-24H,7-8,11H2,1-6H3,(H,20,26)(H,21,27). The van der Waals surface area contributed by atoms with E-state index in [9.17, 15) is 24.6 Å². The Labute approximate surface area is 175 Å². The first-order valence-electron chi connectivity index (χ1n) is 9.46. The number of aromatic nitrogens is 1. The summed E-state index contributed by atoms with van der Waals surface area (Å²) in [6, 6.07) is 1.09. The number of ether oxygens (including phenoxy) is 2. The summed E-state index contributed by atoms with van der Waals surface area (Å²) in [4.78, 5) is 41.2. The summed E-state index contributed by atoms with van der Waals surface area (Å²) in [6.45, 7) is 10.4. The summed E-state index contributed by atoms with van der Waals surface area (Å²) in [6.07, 6.45) is -1.08. The van der Waals surface area contributed by atoms with E-state index in [0.29, 0.717) is 11.2 Å². The highest BCUT2D eigenvalue weighted by Gasteiger charge is 2.27. The molecule has 0 saturated heterocycles. The summed E-state index contributed by atoms with van der Waals surface area (Å²) >= 11 is 0. The van der Waals surface area contributed by atoms with E-state index in [1.165, 1.54) is 0 Å². The second-order valence-electron chi connectivity index (χ2n) is 8.52. The number of nitrogens with zero attached hydrogens (tertiary/aromatic N) is 1. The lowest BCUT2D eigenvalue weighted by Gasteiger charge is -2.23. The summed E-state index contributed by atoms with van der Waals surface area (Å²) in [5.74, 6) is -1.94. The van der Waals surface area contributed by atoms with Gasteiger partial charge in [-0.05, 0) is 54.4 Å². The Morgan fingerprint density at radius 3 is 1.97 bits per heavy atom. The van der Waals surface area contributed by atoms with Crippen molar-refractivity contribution >= 4 is 18.2 Å². The van der Waals surface area contributed by atoms with Crippen LogP contribution in [-0.2, 0) is 14.3 Å². The van der Waals surface area contributed by atoms with E-state index >= 15 is 0 Å². The fraction of sp³-hybridized carbons (Fsp3) is 0.632. The number of nitrogens with one attached hydrogen (secondary N) is 2. The third kappa shape index (κ3) is 9.39. The molecule has 1 heterocycles. The van der Waals surface area contributed by atoms with Crippen LogP contribution < -0.4 is 15.5 Å². The third-order valence-electron chi connectivity index (χ3n) is 3.29. The van der Waals surface area contributed by atoms with Gasteiger partial charge in [-0.25, -0.2) is 14.4 Å². The molecule has 11 heteroatoms. The highest BCUT2D eigenvalue weighted by molar-refractivity contribution is 5.81. The highest BCUT2D eigenvalue weighted by atomic mass is 16.7. The van der Waals surface area contributed by atoms with E-state index in [0.717, 1.165) is 12.1 Å². The Balaban J connectivity index is 2.71. The van der Waals surface area contributed by atoms with Crippen LogP contribution in [0.4, 0.5) is 9.59 Å². The maximum absolute atomic E-state index is 12.5. The van der Waals surface area contributed by atoms with Crippen LogP contribution in [0.3, 0.4) is 0 Å². The first kappa shape index (κ1) is 24.9. The van der Waals surface area contributed by atoms with Gasteiger partial charge in [0.15, 0.2) is 0 Å². The zero-order valence-corrected chi connectivity index (χ0v) is 18.1. The van der Waals surface area contributed by atoms with Crippen molar-refractivity contribution in [2.75, 3.05) is 6.54 Å². The van der Waals surface area contributed by atoms with Gasteiger partial charge in [-0.15, -0.1) is 4.73 Å². The molecule has 0 aliphatic rings. The number of carbonyl (C=O) groups excluding carboxylic acids is 3. The number of carbonyl (C=O) groups is 3. The molecule has 0 aliphatic heterocycles. The molecule has 170 valence electrons. The van der Waals surface area contributed by atoms with E-state index in [1.54, 1.807) is 41.5 Å². The molecule has 1 aromatic heterocycles. The number of amides is 2. The third-order valence-corrected chi connectivity index (χ3v) is 3.29. The van der Waals surface area contributed by atoms with E-state index in [4.69, 9.17) is 14.3 Å². The van der Waals surface area contributed by atoms with Crippen LogP contribution >= 0.6 is 0 Å². The number of aromatic hydroxyl groups is 2. The Kier molecular flexibility index (Phi) is 8.38. The lowest BCUT2D eigenvalue weighted by Crippen LogP contribution is -2.46. The van der Waals surface area contributed by atoms with Gasteiger partial charge in [0.25, 0.3) is 0 Å². The summed E-state index contributed by atoms with van der Waals surface area (Å²) < 4.78 is 10.8. The van der Waals surface area contributed by atoms with Crippen molar-refractivity contribution in [2.24, 2.45) is 0 Å². The minimum atomic E-state index is -1.17. The van der Waals surface area contributed by atoms with Crippen LogP contribution in [0.25, 0.3) is 0 Å². The normalized spacial score (nSPS) is 12.6. The maximum atomic E-state index is 12.5. The fourth-order valence-electron chi connectivity index (χ4n) is 2.16. The summed E-state index contributed by atoms with van der Waals surface area (Å²) in [5.41, 5.74) is -1.43. The molecule has 2 amide bonds. The molecular formula is C19H31N3O8. The van der Waals surface area contributed by atoms with Crippen molar-refractivity contribution in [3.8, 4) is 11.8 Å². The Bertz CT molecular complexity index is 726. The summed E-state index contributed by atoms with van der Waals surface area (Å²) in [5, 5.41) is 24.2. The SMILES string of the molecule is CC(C)(C)OC(=O)NCCCC(NC(=O)OC(C)(C)C)C(=O)On1c(O)ccc1O. The van der Waals surface area contributed by atoms with Crippen LogP contribution in [0.15, 0.2) is 12.1 Å². The summed E-state index contributed by atoms with van der Waals surface area (Å²) in [7, 11) is 0. The predicted molar refractivity (Wildman–Crippen MR) is 106 cm³/mol. The Hall–Kier alpha value is -3.11. The van der Waals surface area contributed by atoms with Gasteiger partial charge >= 0.3 is 18.2 Å². The van der Waals surface area contributed by atoms with Crippen molar-refractivity contribution in [2.45, 2.75) is 71.6 Å². The molecule has 0 radical (unpaired) electrons. The topological polar surface area (TPSA) is 148 Å². The maximum Gasteiger partial charge on any atom is 0.408 e. The van der Waals surface area contributed by atoms with Crippen molar-refractivity contribution in [1.82, 2.24) is 15.4 Å². The average molecular weight is 429 g/mol. The Morgan fingerprint density at radius 2 is 1.47 bits per heavy atom. The highest BCUT2D eigenvalue weighted by Crippen LogP contribution is 2.19. The first-order chi connectivity index (χ1) is 13.7. The first-order valence-corrected chi connectivity index (χ1v) is 9.46. The smallest absolute Gasteiger partial charge is 0.408 e. The molecule has 0 fully saturated rings. The minimum Gasteiger partial charge on any atom is -0.492 e. The monoisotopic (exact) mass is 429 g/mol. The van der Waals surface area contributed by atoms with Crippen LogP contribution in [0.5, 0.6) is 11.8 Å². The van der Waals surface area contributed by atoms with Crippen molar-refractivity contribution in [3.05, 3.63) is 12.1 Å². The lowest BCUT2D eigenvalue weighted by atomic mass is 10.1. The number of alkyl carbamates (subject to hydrolysis) is 2. The molecule has 1 unspecified atom stereocenters. The van der Waals surface area contributed by atoms with E-state index in [-0.39, 0.29) is 13.0 Å². The van der Waals surface area contributed by atoms with Gasteiger partial charge in [0, 0.05) is 18.7 Å². The van der Waals surface area contributed by atoms with Gasteiger partial charge in [0.1, 0.15) is 17.2 Å². The zero-order chi connectivity index (χ0) is 23.1. The second kappa shape index (κ2) is 10.1. The molecule has 0 bridgehead atoms. The molecule has 11 nitrogen and oxygen atoms in total. The molecule has 0 spiro atoms. The van der Waals surface area contributed by atoms with Crippen molar-refractivity contribution < 1.29 is 38.9 Å². The Morgan fingerprint density at radius 1 is 0.967 bits per heavy atom. The van der Waals surface area contributed by atoms with Crippen LogP contribution in [0.1, 0.15) is 54.4 Å². The molecule has 1 atom stereocenters. The van der Waals surface area contributed by atoms with E-state index in [2.05, 4.69) is 10.6 Å². The molecule has 1 rings (SSSR count). The van der Waals surface area contributed by atoms with Gasteiger partial charge in [-0.2, -0.15) is 0 Å². The molecule has 0 saturated carbocycles. The molecule has 0 aromatic carbocycles. The van der Waals surface area contributed by atoms with Gasteiger partial charge in [-0.1, -0.05) is 0 Å². The number of hydrogen-bond donors (Lipinski definition) is 4. The van der Waals surface area contributed by atoms with Gasteiger partial charge in [0.2, 0.25) is 11.8 Å². The molecule has 4 N–H and O–H groups in total. The zero-order valence-electron chi connectivity index (χ0n) is 18.1. The number of rotatable bonds is 7. The van der Waals surface area contributed by atoms with Crippen LogP contribution in [0.2, 0.25) is 0 Å². The minimum absolute atomic E-state index is 0.0800. The number of hydrogen-bond acceptors (Lipinski definition) is 8. The quantitative estimate of drug-likeness (QED) is 0.481. The molecule has 30 heavy (non-hydrogen) atoms. The van der Waals surface area contributed by atoms with Gasteiger partial charge in [-0.3, -0.25) is 0 Å². The fourth-order valence-corrected chi connectivity index (χ4v) is 2.16. The van der Waals surface area contributed by atoms with Gasteiger partial charge in [0.05, 0.1) is 0 Å². The van der Waals surface area contributed by atoms with E-state index < -0.39 is 47.2 Å². The average Bonchev–Trinajstić information content (AvgIpc) is 2.86. The lowest BCUT2D eigenvalue weighted by molar-refractivity contribution is -0.148. The van der Waals surface area contributed by atoms with Crippen LogP contribution in [-0.4, -0.2) is 56.9 Å². The van der Waals surface area contributed by atoms with Crippen molar-refractivity contribution in [3.63, 3.8) is 0 Å². The van der Waals surface area contributed by atoms with Crippen LogP contribution in [0, 0.1) is 0 Å². The molecule has 0 aliphatic carbocycles. The van der Waals surface area contributed by atoms with Crippen molar-refractivity contribution in [1.29, 1.82) is 0 Å². The van der Waals surface area contributed by atoms with Gasteiger partial charge < -0.3 is 35.2 Å². The molecule has 1 aromatic rings. The predicted octanol–water partition coefficient (Wildman–Crippen LogP) is 2.05. The van der Waals surface area contributed by atoms with E-state index in [1.807, 2.05) is 0 Å². The largest absolute Gasteiger partial charge is 0.492 e. The molecular weight excluding hydrogens is 398 g/mol. The second-order valence-corrected chi connectivity index (χ2v) is 8.52.